The molecule has 0 saturated carbocycles. The number of thiocarbonyl (C=S) groups is 1. The van der Waals surface area contributed by atoms with Crippen LogP contribution in [0.2, 0.25) is 5.02 Å². The van der Waals surface area contributed by atoms with E-state index in [9.17, 15) is 8.42 Å². The Bertz CT molecular complexity index is 575. The highest BCUT2D eigenvalue weighted by Crippen LogP contribution is 2.22. The molecule has 0 aliphatic carbocycles. The van der Waals surface area contributed by atoms with Crippen LogP contribution in [-0.2, 0) is 14.8 Å². The van der Waals surface area contributed by atoms with E-state index in [2.05, 4.69) is 4.72 Å². The van der Waals surface area contributed by atoms with E-state index in [1.165, 1.54) is 19.2 Å². The van der Waals surface area contributed by atoms with Crippen molar-refractivity contribution in [1.82, 2.24) is 4.72 Å². The van der Waals surface area contributed by atoms with E-state index in [0.717, 1.165) is 0 Å². The maximum atomic E-state index is 12.2. The van der Waals surface area contributed by atoms with Crippen molar-refractivity contribution in [3.05, 3.63) is 28.8 Å². The molecule has 0 aliphatic rings. The summed E-state index contributed by atoms with van der Waals surface area (Å²) in [5.41, 5.74) is 5.92. The smallest absolute Gasteiger partial charge is 0.242 e. The van der Waals surface area contributed by atoms with Gasteiger partial charge in [0.15, 0.2) is 0 Å². The Morgan fingerprint density at radius 2 is 2.21 bits per heavy atom. The number of halogens is 1. The van der Waals surface area contributed by atoms with Crippen LogP contribution in [0.5, 0.6) is 0 Å². The van der Waals surface area contributed by atoms with Gasteiger partial charge in [0.25, 0.3) is 0 Å². The molecule has 5 nitrogen and oxygen atoms in total. The highest BCUT2D eigenvalue weighted by atomic mass is 35.5. The zero-order valence-corrected chi connectivity index (χ0v) is 12.9. The summed E-state index contributed by atoms with van der Waals surface area (Å²) in [6.45, 7) is 1.94. The summed E-state index contributed by atoms with van der Waals surface area (Å²) in [6.07, 6.45) is 0. The quantitative estimate of drug-likeness (QED) is 0.771. The molecule has 1 aromatic carbocycles. The topological polar surface area (TPSA) is 81.4 Å². The molecule has 0 saturated heterocycles. The molecule has 106 valence electrons. The van der Waals surface area contributed by atoms with Crippen LogP contribution < -0.4 is 10.5 Å². The SMILES string of the molecule is COCC(C)NS(=O)(=O)c1cc(C(N)=S)ccc1Cl. The minimum absolute atomic E-state index is 0.0533. The Morgan fingerprint density at radius 3 is 2.74 bits per heavy atom. The summed E-state index contributed by atoms with van der Waals surface area (Å²) < 4.78 is 31.7. The van der Waals surface area contributed by atoms with Crippen LogP contribution in [0.1, 0.15) is 12.5 Å². The Kier molecular flexibility index (Phi) is 5.69. The number of rotatable bonds is 6. The molecule has 0 amide bonds. The molecular weight excluding hydrogens is 308 g/mol. The van der Waals surface area contributed by atoms with E-state index in [-0.39, 0.29) is 27.6 Å². The molecule has 0 spiro atoms. The molecule has 1 atom stereocenters. The maximum absolute atomic E-state index is 12.2. The van der Waals surface area contributed by atoms with Gasteiger partial charge < -0.3 is 10.5 Å². The van der Waals surface area contributed by atoms with Gasteiger partial charge in [0.05, 0.1) is 11.6 Å². The van der Waals surface area contributed by atoms with Crippen LogP contribution >= 0.6 is 23.8 Å². The first kappa shape index (κ1) is 16.3. The normalized spacial score (nSPS) is 13.2. The summed E-state index contributed by atoms with van der Waals surface area (Å²) in [6, 6.07) is 4.00. The maximum Gasteiger partial charge on any atom is 0.242 e. The van der Waals surface area contributed by atoms with E-state index < -0.39 is 10.0 Å². The molecule has 0 fully saturated rings. The Labute approximate surface area is 123 Å². The van der Waals surface area contributed by atoms with Gasteiger partial charge in [0.2, 0.25) is 10.0 Å². The molecule has 0 radical (unpaired) electrons. The number of ether oxygens (including phenoxy) is 1. The third-order valence-corrected chi connectivity index (χ3v) is 4.59. The lowest BCUT2D eigenvalue weighted by atomic mass is 10.2. The number of nitrogens with two attached hydrogens (primary N) is 1. The van der Waals surface area contributed by atoms with Gasteiger partial charge in [-0.1, -0.05) is 29.9 Å². The molecule has 1 aromatic rings. The van der Waals surface area contributed by atoms with Crippen molar-refractivity contribution in [2.75, 3.05) is 13.7 Å². The van der Waals surface area contributed by atoms with E-state index in [1.54, 1.807) is 13.0 Å². The second kappa shape index (κ2) is 6.62. The second-order valence-corrected chi connectivity index (χ2v) is 6.52. The van der Waals surface area contributed by atoms with Gasteiger partial charge in [-0.2, -0.15) is 0 Å². The van der Waals surface area contributed by atoms with Crippen molar-refractivity contribution >= 4 is 38.8 Å². The number of nitrogens with one attached hydrogen (secondary N) is 1. The highest BCUT2D eigenvalue weighted by Gasteiger charge is 2.21. The average Bonchev–Trinajstić information content (AvgIpc) is 2.28. The van der Waals surface area contributed by atoms with Crippen LogP contribution in [0.15, 0.2) is 23.1 Å². The Balaban J connectivity index is 3.13. The van der Waals surface area contributed by atoms with Crippen LogP contribution in [0.25, 0.3) is 0 Å². The van der Waals surface area contributed by atoms with Crippen LogP contribution in [-0.4, -0.2) is 33.2 Å². The fraction of sp³-hybridized carbons (Fsp3) is 0.364. The first-order valence-electron chi connectivity index (χ1n) is 5.38. The molecule has 1 unspecified atom stereocenters. The first-order chi connectivity index (χ1) is 8.77. The molecule has 19 heavy (non-hydrogen) atoms. The van der Waals surface area contributed by atoms with Crippen LogP contribution in [0.4, 0.5) is 0 Å². The van der Waals surface area contributed by atoms with Crippen LogP contribution in [0, 0.1) is 0 Å². The summed E-state index contributed by atoms with van der Waals surface area (Å²) in [5, 5.41) is 0.108. The average molecular weight is 323 g/mol. The van der Waals surface area contributed by atoms with Crippen molar-refractivity contribution in [2.45, 2.75) is 17.9 Å². The van der Waals surface area contributed by atoms with Crippen molar-refractivity contribution in [3.63, 3.8) is 0 Å². The summed E-state index contributed by atoms with van der Waals surface area (Å²) in [4.78, 5) is 0.0560. The van der Waals surface area contributed by atoms with Crippen molar-refractivity contribution in [1.29, 1.82) is 0 Å². The molecule has 1 rings (SSSR count). The Morgan fingerprint density at radius 1 is 1.58 bits per heavy atom. The van der Waals surface area contributed by atoms with E-state index in [4.69, 9.17) is 34.3 Å². The largest absolute Gasteiger partial charge is 0.389 e. The zero-order chi connectivity index (χ0) is 14.6. The lowest BCUT2D eigenvalue weighted by Gasteiger charge is -2.14. The predicted molar refractivity (Wildman–Crippen MR) is 79.0 cm³/mol. The minimum Gasteiger partial charge on any atom is -0.389 e. The van der Waals surface area contributed by atoms with E-state index >= 15 is 0 Å². The zero-order valence-electron chi connectivity index (χ0n) is 10.5. The van der Waals surface area contributed by atoms with E-state index in [1.807, 2.05) is 0 Å². The highest BCUT2D eigenvalue weighted by molar-refractivity contribution is 7.89. The van der Waals surface area contributed by atoms with Gasteiger partial charge >= 0.3 is 0 Å². The van der Waals surface area contributed by atoms with E-state index in [0.29, 0.717) is 5.56 Å². The Hall–Kier alpha value is -0.730. The molecule has 8 heteroatoms. The van der Waals surface area contributed by atoms with Crippen LogP contribution in [0.3, 0.4) is 0 Å². The van der Waals surface area contributed by atoms with Gasteiger partial charge in [0, 0.05) is 18.7 Å². The fourth-order valence-corrected chi connectivity index (χ4v) is 3.36. The number of sulfonamides is 1. The number of hydrogen-bond acceptors (Lipinski definition) is 4. The summed E-state index contributed by atoms with van der Waals surface area (Å²) in [5.74, 6) is 0. The molecule has 0 bridgehead atoms. The lowest BCUT2D eigenvalue weighted by molar-refractivity contribution is 0.180. The summed E-state index contributed by atoms with van der Waals surface area (Å²) >= 11 is 10.7. The molecule has 3 N–H and O–H groups in total. The standard InChI is InChI=1S/C11H15ClN2O3S2/c1-7(6-17-2)14-19(15,16)10-5-8(11(13)18)3-4-9(10)12/h3-5,7,14H,6H2,1-2H3,(H2,13,18). The third-order valence-electron chi connectivity index (χ3n) is 2.28. The summed E-state index contributed by atoms with van der Waals surface area (Å²) in [7, 11) is -2.25. The number of methoxy groups -OCH3 is 1. The fourth-order valence-electron chi connectivity index (χ4n) is 1.47. The molecule has 0 heterocycles. The van der Waals surface area contributed by atoms with Gasteiger partial charge in [-0.3, -0.25) is 0 Å². The molecular formula is C11H15ClN2O3S2. The van der Waals surface area contributed by atoms with Gasteiger partial charge in [-0.15, -0.1) is 0 Å². The van der Waals surface area contributed by atoms with Gasteiger partial charge in [-0.25, -0.2) is 13.1 Å². The number of benzene rings is 1. The number of hydrogen-bond donors (Lipinski definition) is 2. The van der Waals surface area contributed by atoms with Gasteiger partial charge in [0.1, 0.15) is 9.88 Å². The lowest BCUT2D eigenvalue weighted by Crippen LogP contribution is -2.35. The third kappa shape index (κ3) is 4.39. The van der Waals surface area contributed by atoms with Crippen molar-refractivity contribution in [2.24, 2.45) is 5.73 Å². The monoisotopic (exact) mass is 322 g/mol. The predicted octanol–water partition coefficient (Wildman–Crippen LogP) is 1.29. The molecule has 0 aliphatic heterocycles. The van der Waals surface area contributed by atoms with Crippen molar-refractivity contribution < 1.29 is 13.2 Å². The molecule has 0 aromatic heterocycles. The van der Waals surface area contributed by atoms with Gasteiger partial charge in [-0.05, 0) is 19.1 Å². The van der Waals surface area contributed by atoms with Crippen molar-refractivity contribution in [3.8, 4) is 0 Å². The first-order valence-corrected chi connectivity index (χ1v) is 7.65. The second-order valence-electron chi connectivity index (χ2n) is 3.99. The minimum atomic E-state index is -3.75.